The Kier molecular flexibility index (Phi) is 2.96. The number of hydrogen-bond acceptors (Lipinski definition) is 2. The van der Waals surface area contributed by atoms with Crippen LogP contribution in [0.2, 0.25) is 0 Å². The van der Waals surface area contributed by atoms with Crippen LogP contribution >= 0.6 is 0 Å². The lowest BCUT2D eigenvalue weighted by atomic mass is 9.94. The Morgan fingerprint density at radius 3 is 2.46 bits per heavy atom. The zero-order valence-corrected chi connectivity index (χ0v) is 9.05. The molecular weight excluding hydrogens is 164 g/mol. The van der Waals surface area contributed by atoms with Gasteiger partial charge in [-0.1, -0.05) is 20.8 Å². The number of nitrogens with one attached hydrogen (secondary N) is 1. The Hall–Kier alpha value is -0.570. The highest BCUT2D eigenvalue weighted by molar-refractivity contribution is 5.84. The van der Waals surface area contributed by atoms with E-state index in [9.17, 15) is 0 Å². The maximum atomic E-state index is 7.97. The lowest BCUT2D eigenvalue weighted by Crippen LogP contribution is -2.37. The van der Waals surface area contributed by atoms with Crippen molar-refractivity contribution in [3.63, 3.8) is 0 Å². The molecule has 0 aromatic carbocycles. The summed E-state index contributed by atoms with van der Waals surface area (Å²) >= 11 is 0. The second-order valence-corrected chi connectivity index (χ2v) is 4.69. The van der Waals surface area contributed by atoms with Gasteiger partial charge < -0.3 is 9.64 Å². The monoisotopic (exact) mass is 184 g/mol. The first-order valence-electron chi connectivity index (χ1n) is 4.82. The van der Waals surface area contributed by atoms with Crippen LogP contribution < -0.4 is 0 Å². The van der Waals surface area contributed by atoms with Crippen LogP contribution in [-0.4, -0.2) is 37.0 Å². The summed E-state index contributed by atoms with van der Waals surface area (Å²) in [4.78, 5) is 2.12. The second-order valence-electron chi connectivity index (χ2n) is 4.69. The number of rotatable bonds is 1. The normalized spacial score (nSPS) is 23.7. The number of likely N-dealkylation sites (tertiary alicyclic amines) is 1. The van der Waals surface area contributed by atoms with Gasteiger partial charge in [-0.05, 0) is 6.42 Å². The molecule has 1 aliphatic rings. The van der Waals surface area contributed by atoms with E-state index in [1.807, 2.05) is 0 Å². The Balaban J connectivity index is 2.52. The summed E-state index contributed by atoms with van der Waals surface area (Å²) in [6.45, 7) is 8.08. The number of amidine groups is 1. The van der Waals surface area contributed by atoms with E-state index in [0.717, 1.165) is 25.3 Å². The molecule has 3 heteroatoms. The van der Waals surface area contributed by atoms with E-state index in [-0.39, 0.29) is 5.41 Å². The van der Waals surface area contributed by atoms with Crippen molar-refractivity contribution in [3.8, 4) is 0 Å². The summed E-state index contributed by atoms with van der Waals surface area (Å²) in [5.74, 6) is 0.729. The molecule has 13 heavy (non-hydrogen) atoms. The molecule has 0 bridgehead atoms. The van der Waals surface area contributed by atoms with Gasteiger partial charge >= 0.3 is 0 Å². The third-order valence-electron chi connectivity index (χ3n) is 2.50. The van der Waals surface area contributed by atoms with Gasteiger partial charge in [-0.2, -0.15) is 0 Å². The minimum atomic E-state index is -0.0391. The molecule has 1 atom stereocenters. The summed E-state index contributed by atoms with van der Waals surface area (Å²) in [5.41, 5.74) is -0.0391. The van der Waals surface area contributed by atoms with Crippen molar-refractivity contribution in [2.45, 2.75) is 33.3 Å². The van der Waals surface area contributed by atoms with E-state index in [2.05, 4.69) is 25.7 Å². The van der Waals surface area contributed by atoms with Gasteiger partial charge in [-0.25, -0.2) is 0 Å². The van der Waals surface area contributed by atoms with Crippen LogP contribution in [-0.2, 0) is 4.74 Å². The molecule has 0 aromatic rings. The molecule has 0 saturated carbocycles. The molecule has 0 aliphatic carbocycles. The largest absolute Gasteiger partial charge is 0.380 e. The fourth-order valence-corrected chi connectivity index (χ4v) is 1.60. The molecule has 1 aliphatic heterocycles. The number of hydrogen-bond donors (Lipinski definition) is 1. The van der Waals surface area contributed by atoms with Crippen LogP contribution in [0.25, 0.3) is 0 Å². The number of ether oxygens (including phenoxy) is 1. The van der Waals surface area contributed by atoms with E-state index >= 15 is 0 Å². The summed E-state index contributed by atoms with van der Waals surface area (Å²) in [7, 11) is 1.74. The third kappa shape index (κ3) is 2.44. The topological polar surface area (TPSA) is 36.3 Å². The highest BCUT2D eigenvalue weighted by Gasteiger charge is 2.29. The standard InChI is InChI=1S/C10H20N2O/c1-10(2,3)9(11)12-6-5-8(7-12)13-4/h8,11H,5-7H2,1-4H3. The van der Waals surface area contributed by atoms with Crippen molar-refractivity contribution >= 4 is 5.84 Å². The van der Waals surface area contributed by atoms with Gasteiger partial charge in [0, 0.05) is 25.6 Å². The maximum Gasteiger partial charge on any atom is 0.101 e. The van der Waals surface area contributed by atoms with Crippen LogP contribution in [0.15, 0.2) is 0 Å². The van der Waals surface area contributed by atoms with E-state index in [0.29, 0.717) is 6.10 Å². The first kappa shape index (κ1) is 10.5. The zero-order chi connectivity index (χ0) is 10.1. The summed E-state index contributed by atoms with van der Waals surface area (Å²) in [5, 5.41) is 7.97. The van der Waals surface area contributed by atoms with Crippen LogP contribution in [0, 0.1) is 10.8 Å². The van der Waals surface area contributed by atoms with Gasteiger partial charge in [0.2, 0.25) is 0 Å². The van der Waals surface area contributed by atoms with Crippen molar-refractivity contribution < 1.29 is 4.74 Å². The Labute approximate surface area is 80.6 Å². The quantitative estimate of drug-likeness (QED) is 0.497. The molecule has 0 spiro atoms. The summed E-state index contributed by atoms with van der Waals surface area (Å²) in [6, 6.07) is 0. The molecular formula is C10H20N2O. The molecule has 0 amide bonds. The average molecular weight is 184 g/mol. The van der Waals surface area contributed by atoms with Crippen molar-refractivity contribution in [1.82, 2.24) is 4.90 Å². The predicted octanol–water partition coefficient (Wildman–Crippen LogP) is 1.73. The Morgan fingerprint density at radius 2 is 2.08 bits per heavy atom. The zero-order valence-electron chi connectivity index (χ0n) is 9.05. The van der Waals surface area contributed by atoms with Gasteiger partial charge in [0.25, 0.3) is 0 Å². The molecule has 1 saturated heterocycles. The third-order valence-corrected chi connectivity index (χ3v) is 2.50. The van der Waals surface area contributed by atoms with Crippen LogP contribution in [0.1, 0.15) is 27.2 Å². The van der Waals surface area contributed by atoms with Crippen molar-refractivity contribution in [2.75, 3.05) is 20.2 Å². The molecule has 1 rings (SSSR count). The second kappa shape index (κ2) is 3.66. The fourth-order valence-electron chi connectivity index (χ4n) is 1.60. The maximum absolute atomic E-state index is 7.97. The molecule has 1 N–H and O–H groups in total. The van der Waals surface area contributed by atoms with Crippen molar-refractivity contribution in [2.24, 2.45) is 5.41 Å². The van der Waals surface area contributed by atoms with Gasteiger partial charge in [-0.15, -0.1) is 0 Å². The highest BCUT2D eigenvalue weighted by Crippen LogP contribution is 2.22. The SMILES string of the molecule is COC1CCN(C(=N)C(C)(C)C)C1. The molecule has 1 unspecified atom stereocenters. The smallest absolute Gasteiger partial charge is 0.101 e. The van der Waals surface area contributed by atoms with Gasteiger partial charge in [0.15, 0.2) is 0 Å². The fraction of sp³-hybridized carbons (Fsp3) is 0.900. The number of nitrogens with zero attached hydrogens (tertiary/aromatic N) is 1. The first-order chi connectivity index (χ1) is 5.95. The van der Waals surface area contributed by atoms with Gasteiger partial charge in [0.1, 0.15) is 5.84 Å². The summed E-state index contributed by atoms with van der Waals surface area (Å²) < 4.78 is 5.27. The highest BCUT2D eigenvalue weighted by atomic mass is 16.5. The molecule has 0 aromatic heterocycles. The van der Waals surface area contributed by atoms with E-state index in [1.165, 1.54) is 0 Å². The molecule has 1 fully saturated rings. The molecule has 3 nitrogen and oxygen atoms in total. The van der Waals surface area contributed by atoms with Gasteiger partial charge in [0.05, 0.1) is 6.10 Å². The van der Waals surface area contributed by atoms with E-state index in [4.69, 9.17) is 10.1 Å². The molecule has 1 heterocycles. The average Bonchev–Trinajstić information content (AvgIpc) is 2.48. The van der Waals surface area contributed by atoms with E-state index < -0.39 is 0 Å². The lowest BCUT2D eigenvalue weighted by Gasteiger charge is -2.28. The number of methoxy groups -OCH3 is 1. The van der Waals surface area contributed by atoms with Gasteiger partial charge in [-0.3, -0.25) is 5.41 Å². The summed E-state index contributed by atoms with van der Waals surface area (Å²) in [6.07, 6.45) is 1.37. The predicted molar refractivity (Wildman–Crippen MR) is 54.2 cm³/mol. The van der Waals surface area contributed by atoms with Crippen LogP contribution in [0.5, 0.6) is 0 Å². The van der Waals surface area contributed by atoms with Crippen molar-refractivity contribution in [1.29, 1.82) is 5.41 Å². The minimum absolute atomic E-state index is 0.0391. The van der Waals surface area contributed by atoms with Crippen LogP contribution in [0.3, 0.4) is 0 Å². The minimum Gasteiger partial charge on any atom is -0.380 e. The molecule has 76 valence electrons. The van der Waals surface area contributed by atoms with Crippen LogP contribution in [0.4, 0.5) is 0 Å². The van der Waals surface area contributed by atoms with Crippen molar-refractivity contribution in [3.05, 3.63) is 0 Å². The first-order valence-corrected chi connectivity index (χ1v) is 4.82. The lowest BCUT2D eigenvalue weighted by molar-refractivity contribution is 0.113. The Morgan fingerprint density at radius 1 is 1.46 bits per heavy atom. The van der Waals surface area contributed by atoms with E-state index in [1.54, 1.807) is 7.11 Å². The molecule has 0 radical (unpaired) electrons. The Bertz CT molecular complexity index is 196.